The third-order valence-electron chi connectivity index (χ3n) is 6.06. The molecule has 0 aliphatic rings. The van der Waals surface area contributed by atoms with E-state index >= 15 is 0 Å². The molecule has 0 saturated carbocycles. The van der Waals surface area contributed by atoms with Crippen LogP contribution in [0.15, 0.2) is 78.9 Å². The van der Waals surface area contributed by atoms with Crippen LogP contribution in [0.3, 0.4) is 0 Å². The minimum atomic E-state index is -0.666. The lowest BCUT2D eigenvalue weighted by molar-refractivity contribution is -0.143. The Balaban J connectivity index is 1.91. The van der Waals surface area contributed by atoms with Crippen LogP contribution >= 0.6 is 0 Å². The van der Waals surface area contributed by atoms with Crippen LogP contribution in [0, 0.1) is 13.8 Å². The van der Waals surface area contributed by atoms with Crippen molar-refractivity contribution in [3.63, 3.8) is 0 Å². The maximum atomic E-state index is 13.6. The van der Waals surface area contributed by atoms with Gasteiger partial charge in [0.05, 0.1) is 0 Å². The molecule has 0 spiro atoms. The van der Waals surface area contributed by atoms with Gasteiger partial charge in [0.1, 0.15) is 11.8 Å². The molecular weight excluding hydrogens is 436 g/mol. The van der Waals surface area contributed by atoms with Gasteiger partial charge in [-0.3, -0.25) is 9.59 Å². The second kappa shape index (κ2) is 12.7. The monoisotopic (exact) mass is 472 g/mol. The summed E-state index contributed by atoms with van der Waals surface area (Å²) >= 11 is 0. The highest BCUT2D eigenvalue weighted by Crippen LogP contribution is 2.18. The standard InChI is InChI=1S/C30H36N2O3/c1-5-24(4)31-30(34)28(19-25-13-7-6-8-14-25)32(20-26-15-9-11-22(2)17-26)29(33)21-35-27-16-10-12-23(3)18-27/h6-18,24,28H,5,19-21H2,1-4H3,(H,31,34)/t24-,28-/m0/s1. The van der Waals surface area contributed by atoms with E-state index in [2.05, 4.69) is 5.32 Å². The van der Waals surface area contributed by atoms with Gasteiger partial charge in [0, 0.05) is 19.0 Å². The normalized spacial score (nSPS) is 12.5. The van der Waals surface area contributed by atoms with Gasteiger partial charge in [-0.2, -0.15) is 0 Å². The van der Waals surface area contributed by atoms with E-state index < -0.39 is 6.04 Å². The van der Waals surface area contributed by atoms with Crippen LogP contribution in [-0.4, -0.2) is 35.4 Å². The van der Waals surface area contributed by atoms with Crippen LogP contribution < -0.4 is 10.1 Å². The fraction of sp³-hybridized carbons (Fsp3) is 0.333. The van der Waals surface area contributed by atoms with Gasteiger partial charge in [-0.05, 0) is 56.0 Å². The van der Waals surface area contributed by atoms with Gasteiger partial charge < -0.3 is 15.0 Å². The Hall–Kier alpha value is -3.60. The molecule has 0 fully saturated rings. The Morgan fingerprint density at radius 1 is 0.886 bits per heavy atom. The largest absolute Gasteiger partial charge is 0.484 e. The summed E-state index contributed by atoms with van der Waals surface area (Å²) in [6.07, 6.45) is 1.23. The van der Waals surface area contributed by atoms with Gasteiger partial charge >= 0.3 is 0 Å². The van der Waals surface area contributed by atoms with Gasteiger partial charge in [0.15, 0.2) is 6.61 Å². The summed E-state index contributed by atoms with van der Waals surface area (Å²) in [5.41, 5.74) is 4.14. The van der Waals surface area contributed by atoms with Crippen molar-refractivity contribution in [2.24, 2.45) is 0 Å². The molecule has 0 bridgehead atoms. The maximum Gasteiger partial charge on any atom is 0.261 e. The number of benzene rings is 3. The fourth-order valence-corrected chi connectivity index (χ4v) is 3.94. The lowest BCUT2D eigenvalue weighted by Crippen LogP contribution is -2.53. The number of hydrogen-bond acceptors (Lipinski definition) is 3. The van der Waals surface area contributed by atoms with Crippen molar-refractivity contribution in [1.82, 2.24) is 10.2 Å². The average Bonchev–Trinajstić information content (AvgIpc) is 2.85. The summed E-state index contributed by atoms with van der Waals surface area (Å²) < 4.78 is 5.85. The van der Waals surface area contributed by atoms with Crippen molar-refractivity contribution in [3.8, 4) is 5.75 Å². The van der Waals surface area contributed by atoms with Crippen LogP contribution in [0.1, 0.15) is 42.5 Å². The summed E-state index contributed by atoms with van der Waals surface area (Å²) in [7, 11) is 0. The molecule has 0 unspecified atom stereocenters. The van der Waals surface area contributed by atoms with Gasteiger partial charge in [-0.1, -0.05) is 79.2 Å². The first-order valence-electron chi connectivity index (χ1n) is 12.2. The smallest absolute Gasteiger partial charge is 0.261 e. The van der Waals surface area contributed by atoms with Crippen molar-refractivity contribution in [2.75, 3.05) is 6.61 Å². The Bertz CT molecular complexity index is 1110. The molecule has 3 rings (SSSR count). The number of nitrogens with one attached hydrogen (secondary N) is 1. The first-order chi connectivity index (χ1) is 16.9. The Morgan fingerprint density at radius 2 is 1.54 bits per heavy atom. The number of nitrogens with zero attached hydrogens (tertiary/aromatic N) is 1. The quantitative estimate of drug-likeness (QED) is 0.415. The van der Waals surface area contributed by atoms with Crippen molar-refractivity contribution < 1.29 is 14.3 Å². The van der Waals surface area contributed by atoms with Gasteiger partial charge in [0.2, 0.25) is 5.91 Å². The molecule has 2 atom stereocenters. The predicted octanol–water partition coefficient (Wildman–Crippen LogP) is 5.24. The number of ether oxygens (including phenoxy) is 1. The Morgan fingerprint density at radius 3 is 2.20 bits per heavy atom. The van der Waals surface area contributed by atoms with E-state index in [1.54, 1.807) is 4.90 Å². The van der Waals surface area contributed by atoms with Crippen LogP contribution in [0.25, 0.3) is 0 Å². The molecule has 5 nitrogen and oxygen atoms in total. The van der Waals surface area contributed by atoms with Gasteiger partial charge in [-0.15, -0.1) is 0 Å². The molecular formula is C30H36N2O3. The Labute approximate surface area is 209 Å². The molecule has 1 N–H and O–H groups in total. The zero-order valence-corrected chi connectivity index (χ0v) is 21.2. The zero-order valence-electron chi connectivity index (χ0n) is 21.2. The van der Waals surface area contributed by atoms with E-state index in [4.69, 9.17) is 4.74 Å². The van der Waals surface area contributed by atoms with Crippen LogP contribution in [-0.2, 0) is 22.6 Å². The van der Waals surface area contributed by atoms with E-state index in [1.165, 1.54) is 0 Å². The van der Waals surface area contributed by atoms with E-state index in [-0.39, 0.29) is 24.5 Å². The molecule has 35 heavy (non-hydrogen) atoms. The third-order valence-corrected chi connectivity index (χ3v) is 6.06. The fourth-order valence-electron chi connectivity index (χ4n) is 3.94. The van der Waals surface area contributed by atoms with Crippen molar-refractivity contribution >= 4 is 11.8 Å². The number of aryl methyl sites for hydroxylation is 2. The van der Waals surface area contributed by atoms with Crippen LogP contribution in [0.5, 0.6) is 5.75 Å². The number of carbonyl (C=O) groups is 2. The molecule has 5 heteroatoms. The van der Waals surface area contributed by atoms with Crippen molar-refractivity contribution in [1.29, 1.82) is 0 Å². The SMILES string of the molecule is CC[C@H](C)NC(=O)[C@H](Cc1ccccc1)N(Cc1cccc(C)c1)C(=O)COc1cccc(C)c1. The Kier molecular flexibility index (Phi) is 9.47. The lowest BCUT2D eigenvalue weighted by atomic mass is 10.0. The van der Waals surface area contributed by atoms with Crippen LogP contribution in [0.4, 0.5) is 0 Å². The number of hydrogen-bond donors (Lipinski definition) is 1. The summed E-state index contributed by atoms with van der Waals surface area (Å²) in [5, 5.41) is 3.09. The molecule has 0 aliphatic heterocycles. The molecule has 0 aromatic heterocycles. The molecule has 3 aromatic rings. The van der Waals surface area contributed by atoms with E-state index in [0.29, 0.717) is 18.7 Å². The summed E-state index contributed by atoms with van der Waals surface area (Å²) in [4.78, 5) is 28.8. The highest BCUT2D eigenvalue weighted by molar-refractivity contribution is 5.88. The van der Waals surface area contributed by atoms with E-state index in [9.17, 15) is 9.59 Å². The van der Waals surface area contributed by atoms with E-state index in [1.807, 2.05) is 107 Å². The maximum absolute atomic E-state index is 13.6. The first-order valence-corrected chi connectivity index (χ1v) is 12.2. The molecule has 0 radical (unpaired) electrons. The minimum Gasteiger partial charge on any atom is -0.484 e. The summed E-state index contributed by atoms with van der Waals surface area (Å²) in [5.74, 6) is 0.255. The summed E-state index contributed by atoms with van der Waals surface area (Å²) in [6.45, 7) is 8.19. The lowest BCUT2D eigenvalue weighted by Gasteiger charge is -2.32. The van der Waals surface area contributed by atoms with Crippen molar-refractivity contribution in [2.45, 2.75) is 59.2 Å². The average molecular weight is 473 g/mol. The minimum absolute atomic E-state index is 0.0141. The van der Waals surface area contributed by atoms with E-state index in [0.717, 1.165) is 28.7 Å². The number of carbonyl (C=O) groups excluding carboxylic acids is 2. The second-order valence-electron chi connectivity index (χ2n) is 9.14. The van der Waals surface area contributed by atoms with Crippen molar-refractivity contribution in [3.05, 3.63) is 101 Å². The van der Waals surface area contributed by atoms with Crippen LogP contribution in [0.2, 0.25) is 0 Å². The molecule has 3 aromatic carbocycles. The predicted molar refractivity (Wildman–Crippen MR) is 140 cm³/mol. The molecule has 2 amide bonds. The highest BCUT2D eigenvalue weighted by Gasteiger charge is 2.31. The molecule has 0 aliphatic carbocycles. The van der Waals surface area contributed by atoms with Gasteiger partial charge in [0.25, 0.3) is 5.91 Å². The molecule has 0 saturated heterocycles. The van der Waals surface area contributed by atoms with Gasteiger partial charge in [-0.25, -0.2) is 0 Å². The summed E-state index contributed by atoms with van der Waals surface area (Å²) in [6, 6.07) is 24.8. The first kappa shape index (κ1) is 26.0. The number of amides is 2. The topological polar surface area (TPSA) is 58.6 Å². The molecule has 0 heterocycles. The molecule has 184 valence electrons. The third kappa shape index (κ3) is 7.99. The highest BCUT2D eigenvalue weighted by atomic mass is 16.5. The second-order valence-corrected chi connectivity index (χ2v) is 9.14. The number of rotatable bonds is 11. The zero-order chi connectivity index (χ0) is 25.2.